The number of benzene rings is 2. The van der Waals surface area contributed by atoms with Crippen molar-refractivity contribution in [2.45, 2.75) is 0 Å². The van der Waals surface area contributed by atoms with Gasteiger partial charge in [0.05, 0.1) is 5.56 Å². The molecule has 4 N–H and O–H groups in total. The molecule has 0 heterocycles. The van der Waals surface area contributed by atoms with Gasteiger partial charge in [0, 0.05) is 18.3 Å². The molecule has 0 unspecified atom stereocenters. The number of hydrogen-bond donors (Lipinski definition) is 3. The number of nitrogens with one attached hydrogen (secondary N) is 1. The van der Waals surface area contributed by atoms with Crippen LogP contribution in [0.2, 0.25) is 0 Å². The topological polar surface area (TPSA) is 77.3 Å². The number of carboxylic acids is 1. The molecule has 0 fully saturated rings. The zero-order chi connectivity index (χ0) is 18.7. The van der Waals surface area contributed by atoms with E-state index in [0.29, 0.717) is 30.5 Å². The zero-order valence-electron chi connectivity index (χ0n) is 12.3. The van der Waals surface area contributed by atoms with Crippen LogP contribution in [-0.2, 0) is 4.79 Å². The lowest BCUT2D eigenvalue weighted by molar-refractivity contribution is -0.358. The first kappa shape index (κ1) is 18.1. The van der Waals surface area contributed by atoms with Crippen molar-refractivity contribution in [3.8, 4) is 0 Å². The highest BCUT2D eigenvalue weighted by Crippen LogP contribution is 2.16. The number of hydrogen-bond acceptors (Lipinski definition) is 2. The number of aliphatic carboxylic acids is 1. The monoisotopic (exact) mass is 357 g/mol. The van der Waals surface area contributed by atoms with Crippen molar-refractivity contribution in [1.29, 1.82) is 0 Å². The van der Waals surface area contributed by atoms with Crippen molar-refractivity contribution in [3.05, 3.63) is 76.8 Å². The van der Waals surface area contributed by atoms with Crippen LogP contribution in [0.15, 0.2) is 42.1 Å². The molecule has 4 nitrogen and oxygen atoms in total. The fourth-order valence-electron chi connectivity index (χ4n) is 1.99. The van der Waals surface area contributed by atoms with E-state index in [2.05, 4.69) is 4.99 Å². The Morgan fingerprint density at radius 1 is 0.960 bits per heavy atom. The number of rotatable bonds is 4. The molecule has 0 saturated heterocycles. The molecule has 25 heavy (non-hydrogen) atoms. The number of halogens is 5. The molecule has 9 heteroatoms. The van der Waals surface area contributed by atoms with Crippen LogP contribution in [-0.4, -0.2) is 16.8 Å². The van der Waals surface area contributed by atoms with Gasteiger partial charge < -0.3 is 10.8 Å². The molecule has 0 aliphatic rings. The third kappa shape index (κ3) is 3.82. The third-order valence-corrected chi connectivity index (χ3v) is 3.13. The molecule has 0 aliphatic carbocycles. The fourth-order valence-corrected chi connectivity index (χ4v) is 1.99. The van der Waals surface area contributed by atoms with Gasteiger partial charge in [0.15, 0.2) is 23.3 Å². The standard InChI is InChI=1S/C16H9F5N2O2/c17-8-4-12(20)15(13(21)5-8)23-14(9(6-22)16(24)25)7-1-2-10(18)11(19)3-7/h1-6H,22H2,(H,24,25)/p+1. The Balaban J connectivity index is 2.76. The smallest absolute Gasteiger partial charge is 0.344 e. The van der Waals surface area contributed by atoms with Gasteiger partial charge >= 0.3 is 5.97 Å². The van der Waals surface area contributed by atoms with Crippen molar-refractivity contribution in [1.82, 2.24) is 0 Å². The van der Waals surface area contributed by atoms with Crippen LogP contribution >= 0.6 is 0 Å². The number of carbonyl (C=O) groups is 1. The van der Waals surface area contributed by atoms with Crippen LogP contribution in [0.25, 0.3) is 0 Å². The van der Waals surface area contributed by atoms with E-state index in [0.717, 1.165) is 6.07 Å². The molecule has 130 valence electrons. The zero-order valence-corrected chi connectivity index (χ0v) is 12.3. The Morgan fingerprint density at radius 3 is 2.04 bits per heavy atom. The van der Waals surface area contributed by atoms with E-state index >= 15 is 0 Å². The third-order valence-electron chi connectivity index (χ3n) is 3.13. The molecule has 2 aromatic carbocycles. The van der Waals surface area contributed by atoms with E-state index in [9.17, 15) is 26.7 Å². The van der Waals surface area contributed by atoms with Crippen LogP contribution in [0.1, 0.15) is 5.56 Å². The number of carboxylic acid groups (broad SMARTS) is 1. The summed E-state index contributed by atoms with van der Waals surface area (Å²) < 4.78 is 67.1. The van der Waals surface area contributed by atoms with Crippen molar-refractivity contribution in [2.24, 2.45) is 5.73 Å². The molecule has 0 saturated carbocycles. The lowest BCUT2D eigenvalue weighted by atomic mass is 10.0. The van der Waals surface area contributed by atoms with Crippen molar-refractivity contribution in [3.63, 3.8) is 0 Å². The summed E-state index contributed by atoms with van der Waals surface area (Å²) in [6.07, 6.45) is 0.602. The summed E-state index contributed by atoms with van der Waals surface area (Å²) in [5.74, 6) is -8.05. The van der Waals surface area contributed by atoms with Crippen LogP contribution in [0.4, 0.5) is 27.6 Å². The van der Waals surface area contributed by atoms with Crippen LogP contribution in [0.5, 0.6) is 0 Å². The molecule has 0 aliphatic heterocycles. The predicted octanol–water partition coefficient (Wildman–Crippen LogP) is 1.51. The SMILES string of the molecule is NC=C(C(=O)O)C(=[NH+]c1c(F)cc(F)cc1F)c1ccc(F)c(F)c1. The first-order valence-corrected chi connectivity index (χ1v) is 6.64. The molecule has 0 radical (unpaired) electrons. The maximum Gasteiger partial charge on any atom is 0.344 e. The van der Waals surface area contributed by atoms with E-state index in [4.69, 9.17) is 10.8 Å². The molecule has 0 bridgehead atoms. The van der Waals surface area contributed by atoms with E-state index in [1.165, 1.54) is 0 Å². The summed E-state index contributed by atoms with van der Waals surface area (Å²) in [6.45, 7) is 0. The van der Waals surface area contributed by atoms with Gasteiger partial charge in [-0.15, -0.1) is 0 Å². The highest BCUT2D eigenvalue weighted by Gasteiger charge is 2.26. The summed E-state index contributed by atoms with van der Waals surface area (Å²) in [4.78, 5) is 13.4. The summed E-state index contributed by atoms with van der Waals surface area (Å²) in [5.41, 5.74) is 2.89. The van der Waals surface area contributed by atoms with Crippen LogP contribution in [0.3, 0.4) is 0 Å². The number of nitrogens with two attached hydrogens (primary N) is 1. The Bertz CT molecular complexity index is 886. The maximum atomic E-state index is 13.8. The van der Waals surface area contributed by atoms with Gasteiger partial charge in [-0.3, -0.25) is 0 Å². The second kappa shape index (κ2) is 7.12. The Labute approximate surface area is 137 Å². The van der Waals surface area contributed by atoms with E-state index < -0.39 is 52.0 Å². The molecular formula is C16H10F5N2O2+. The van der Waals surface area contributed by atoms with Gasteiger partial charge in [-0.2, -0.15) is 13.8 Å². The largest absolute Gasteiger partial charge is 0.477 e. The normalized spacial score (nSPS) is 12.4. The molecular weight excluding hydrogens is 347 g/mol. The minimum absolute atomic E-state index is 0.249. The van der Waals surface area contributed by atoms with E-state index in [1.54, 1.807) is 0 Å². The van der Waals surface area contributed by atoms with Gasteiger partial charge in [0.2, 0.25) is 5.71 Å². The second-order valence-electron chi connectivity index (χ2n) is 4.76. The van der Waals surface area contributed by atoms with E-state index in [1.807, 2.05) is 0 Å². The minimum atomic E-state index is -1.60. The Kier molecular flexibility index (Phi) is 5.16. The Morgan fingerprint density at radius 2 is 1.56 bits per heavy atom. The summed E-state index contributed by atoms with van der Waals surface area (Å²) >= 11 is 0. The Hall–Kier alpha value is -3.23. The lowest BCUT2D eigenvalue weighted by Crippen LogP contribution is -2.69. The van der Waals surface area contributed by atoms with Crippen LogP contribution in [0, 0.1) is 29.1 Å². The highest BCUT2D eigenvalue weighted by molar-refractivity contribution is 6.23. The molecule has 2 aromatic rings. The molecule has 2 rings (SSSR count). The van der Waals surface area contributed by atoms with Crippen molar-refractivity contribution >= 4 is 17.4 Å². The first-order valence-electron chi connectivity index (χ1n) is 6.64. The van der Waals surface area contributed by atoms with Gasteiger partial charge in [-0.05, 0) is 18.2 Å². The fraction of sp³-hybridized carbons (Fsp3) is 0. The van der Waals surface area contributed by atoms with Crippen molar-refractivity contribution < 1.29 is 36.8 Å². The van der Waals surface area contributed by atoms with Gasteiger partial charge in [-0.1, -0.05) is 0 Å². The van der Waals surface area contributed by atoms with Gasteiger partial charge in [0.1, 0.15) is 11.4 Å². The predicted molar refractivity (Wildman–Crippen MR) is 77.3 cm³/mol. The molecule has 0 amide bonds. The first-order chi connectivity index (χ1) is 11.7. The summed E-state index contributed by atoms with van der Waals surface area (Å²) in [5, 5.41) is 9.17. The maximum absolute atomic E-state index is 13.8. The van der Waals surface area contributed by atoms with Crippen LogP contribution < -0.4 is 10.7 Å². The van der Waals surface area contributed by atoms with E-state index in [-0.39, 0.29) is 5.56 Å². The lowest BCUT2D eigenvalue weighted by Gasteiger charge is -2.04. The minimum Gasteiger partial charge on any atom is -0.477 e. The molecule has 0 spiro atoms. The summed E-state index contributed by atoms with van der Waals surface area (Å²) in [6, 6.07) is 3.01. The highest BCUT2D eigenvalue weighted by atomic mass is 19.2. The van der Waals surface area contributed by atoms with Gasteiger partial charge in [-0.25, -0.2) is 18.0 Å². The molecule has 0 atom stereocenters. The van der Waals surface area contributed by atoms with Crippen molar-refractivity contribution in [2.75, 3.05) is 0 Å². The second-order valence-corrected chi connectivity index (χ2v) is 4.76. The average molecular weight is 357 g/mol. The average Bonchev–Trinajstić information content (AvgIpc) is 2.52. The molecule has 0 aromatic heterocycles. The van der Waals surface area contributed by atoms with Gasteiger partial charge in [0.25, 0.3) is 5.69 Å². The quantitative estimate of drug-likeness (QED) is 0.441. The summed E-state index contributed by atoms with van der Waals surface area (Å²) in [7, 11) is 0.